The summed E-state index contributed by atoms with van der Waals surface area (Å²) in [5, 5.41) is 17.3. The largest absolute Gasteiger partial charge is 0.502 e. The van der Waals surface area contributed by atoms with Crippen molar-refractivity contribution < 1.29 is 24.2 Å². The van der Waals surface area contributed by atoms with Gasteiger partial charge in [0.1, 0.15) is 5.82 Å². The summed E-state index contributed by atoms with van der Waals surface area (Å²) in [5.41, 5.74) is 0.487. The first kappa shape index (κ1) is 15.0. The number of hydrogen-bond donors (Lipinski definition) is 2. The third kappa shape index (κ3) is 4.26. The standard InChI is InChI=1S/C12H11ClFNO4/c1-15(11(17)5-10(16)12(18)19)6-7-2-3-8(13)9(14)4-7/h2-5,16H,6H2,1H3,(H,18,19). The van der Waals surface area contributed by atoms with Crippen molar-refractivity contribution in [2.45, 2.75) is 6.54 Å². The van der Waals surface area contributed by atoms with Crippen LogP contribution in [0.25, 0.3) is 0 Å². The van der Waals surface area contributed by atoms with Gasteiger partial charge in [-0.15, -0.1) is 0 Å². The number of benzene rings is 1. The molecule has 1 amide bonds. The molecule has 0 aromatic heterocycles. The number of carbonyl (C=O) groups excluding carboxylic acids is 1. The summed E-state index contributed by atoms with van der Waals surface area (Å²) in [5.74, 6) is -3.97. The van der Waals surface area contributed by atoms with Gasteiger partial charge in [0.2, 0.25) is 5.76 Å². The average Bonchev–Trinajstić information content (AvgIpc) is 2.33. The van der Waals surface area contributed by atoms with Gasteiger partial charge in [-0.3, -0.25) is 4.79 Å². The highest BCUT2D eigenvalue weighted by atomic mass is 35.5. The fourth-order valence-electron chi connectivity index (χ4n) is 1.28. The maximum atomic E-state index is 13.2. The third-order valence-corrected chi connectivity index (χ3v) is 2.57. The first-order valence-electron chi connectivity index (χ1n) is 5.14. The Hall–Kier alpha value is -2.08. The van der Waals surface area contributed by atoms with Crippen molar-refractivity contribution in [3.63, 3.8) is 0 Å². The fraction of sp³-hybridized carbons (Fsp3) is 0.167. The molecule has 1 aromatic carbocycles. The van der Waals surface area contributed by atoms with E-state index in [-0.39, 0.29) is 11.6 Å². The minimum atomic E-state index is -1.60. The topological polar surface area (TPSA) is 77.8 Å². The minimum Gasteiger partial charge on any atom is -0.502 e. The number of aliphatic hydroxyl groups excluding tert-OH is 1. The predicted molar refractivity (Wildman–Crippen MR) is 66.2 cm³/mol. The van der Waals surface area contributed by atoms with E-state index in [1.165, 1.54) is 25.2 Å². The SMILES string of the molecule is CN(Cc1ccc(Cl)c(F)c1)C(=O)C=C(O)C(=O)O. The molecule has 0 bridgehead atoms. The van der Waals surface area contributed by atoms with Gasteiger partial charge < -0.3 is 15.1 Å². The van der Waals surface area contributed by atoms with Crippen LogP contribution in [0.1, 0.15) is 5.56 Å². The van der Waals surface area contributed by atoms with Gasteiger partial charge in [-0.1, -0.05) is 17.7 Å². The van der Waals surface area contributed by atoms with E-state index in [0.717, 1.165) is 4.90 Å². The highest BCUT2D eigenvalue weighted by Gasteiger charge is 2.12. The molecule has 2 N–H and O–H groups in total. The maximum Gasteiger partial charge on any atom is 0.371 e. The Labute approximate surface area is 113 Å². The quantitative estimate of drug-likeness (QED) is 0.655. The molecule has 0 spiro atoms. The van der Waals surface area contributed by atoms with E-state index in [4.69, 9.17) is 21.8 Å². The molecule has 0 aliphatic rings. The van der Waals surface area contributed by atoms with Gasteiger partial charge in [0.15, 0.2) is 0 Å². The van der Waals surface area contributed by atoms with E-state index in [1.54, 1.807) is 0 Å². The number of carboxylic acid groups (broad SMARTS) is 1. The number of aliphatic carboxylic acids is 1. The van der Waals surface area contributed by atoms with Gasteiger partial charge in [-0.2, -0.15) is 0 Å². The van der Waals surface area contributed by atoms with Crippen molar-refractivity contribution in [3.8, 4) is 0 Å². The second kappa shape index (κ2) is 6.19. The first-order chi connectivity index (χ1) is 8.81. The van der Waals surface area contributed by atoms with Crippen LogP contribution in [0.3, 0.4) is 0 Å². The molecule has 7 heteroatoms. The number of aliphatic hydroxyl groups is 1. The van der Waals surface area contributed by atoms with Crippen LogP contribution < -0.4 is 0 Å². The maximum absolute atomic E-state index is 13.2. The lowest BCUT2D eigenvalue weighted by molar-refractivity contribution is -0.136. The summed E-state index contributed by atoms with van der Waals surface area (Å²) in [6, 6.07) is 4.07. The Morgan fingerprint density at radius 1 is 1.42 bits per heavy atom. The van der Waals surface area contributed by atoms with Crippen LogP contribution in [-0.4, -0.2) is 34.0 Å². The monoisotopic (exact) mass is 287 g/mol. The molecule has 102 valence electrons. The van der Waals surface area contributed by atoms with Crippen LogP contribution in [0.2, 0.25) is 5.02 Å². The molecule has 0 saturated heterocycles. The smallest absolute Gasteiger partial charge is 0.371 e. The molecule has 0 fully saturated rings. The van der Waals surface area contributed by atoms with Crippen LogP contribution in [0, 0.1) is 5.82 Å². The van der Waals surface area contributed by atoms with Crippen molar-refractivity contribution in [2.24, 2.45) is 0 Å². The van der Waals surface area contributed by atoms with E-state index >= 15 is 0 Å². The van der Waals surface area contributed by atoms with Gasteiger partial charge in [0, 0.05) is 13.6 Å². The first-order valence-corrected chi connectivity index (χ1v) is 5.52. The molecule has 0 aliphatic carbocycles. The Bertz CT molecular complexity index is 545. The molecule has 1 rings (SSSR count). The molecular weight excluding hydrogens is 277 g/mol. The number of carboxylic acids is 1. The van der Waals surface area contributed by atoms with Gasteiger partial charge in [-0.25, -0.2) is 9.18 Å². The molecule has 1 aromatic rings. The van der Waals surface area contributed by atoms with Crippen LogP contribution in [0.4, 0.5) is 4.39 Å². The van der Waals surface area contributed by atoms with E-state index < -0.39 is 23.5 Å². The molecule has 0 heterocycles. The van der Waals surface area contributed by atoms with Gasteiger partial charge in [0.25, 0.3) is 5.91 Å². The zero-order chi connectivity index (χ0) is 14.6. The van der Waals surface area contributed by atoms with Crippen molar-refractivity contribution in [2.75, 3.05) is 7.05 Å². The second-order valence-electron chi connectivity index (χ2n) is 3.78. The van der Waals surface area contributed by atoms with Crippen LogP contribution in [0.15, 0.2) is 30.0 Å². The number of halogens is 2. The molecule has 0 saturated carbocycles. The van der Waals surface area contributed by atoms with Crippen LogP contribution >= 0.6 is 11.6 Å². The highest BCUT2D eigenvalue weighted by Crippen LogP contribution is 2.16. The van der Waals surface area contributed by atoms with E-state index in [9.17, 15) is 14.0 Å². The molecule has 5 nitrogen and oxygen atoms in total. The van der Waals surface area contributed by atoms with E-state index in [1.807, 2.05) is 0 Å². The number of amides is 1. The van der Waals surface area contributed by atoms with Crippen molar-refractivity contribution in [1.82, 2.24) is 4.90 Å². The third-order valence-electron chi connectivity index (χ3n) is 2.26. The van der Waals surface area contributed by atoms with Crippen LogP contribution in [-0.2, 0) is 16.1 Å². The second-order valence-corrected chi connectivity index (χ2v) is 4.18. The molecule has 0 atom stereocenters. The molecule has 0 aliphatic heterocycles. The molecule has 19 heavy (non-hydrogen) atoms. The number of nitrogens with zero attached hydrogens (tertiary/aromatic N) is 1. The molecule has 0 unspecified atom stereocenters. The average molecular weight is 288 g/mol. The lowest BCUT2D eigenvalue weighted by Gasteiger charge is -2.15. The summed E-state index contributed by atoms with van der Waals surface area (Å²) in [7, 11) is 1.39. The number of carbonyl (C=O) groups is 2. The number of likely N-dealkylation sites (N-methyl/N-ethyl adjacent to an activating group) is 1. The van der Waals surface area contributed by atoms with Crippen molar-refractivity contribution in [1.29, 1.82) is 0 Å². The Balaban J connectivity index is 2.76. The summed E-state index contributed by atoms with van der Waals surface area (Å²) in [6.45, 7) is 0.0519. The summed E-state index contributed by atoms with van der Waals surface area (Å²) in [4.78, 5) is 23.0. The Kier molecular flexibility index (Phi) is 4.88. The molecular formula is C12H11ClFNO4. The van der Waals surface area contributed by atoms with Gasteiger partial charge in [0.05, 0.1) is 11.1 Å². The molecule has 0 radical (unpaired) electrons. The van der Waals surface area contributed by atoms with Gasteiger partial charge >= 0.3 is 5.97 Å². The Morgan fingerprint density at radius 2 is 2.05 bits per heavy atom. The summed E-state index contributed by atoms with van der Waals surface area (Å²) < 4.78 is 13.2. The summed E-state index contributed by atoms with van der Waals surface area (Å²) in [6.07, 6.45) is 0.578. The van der Waals surface area contributed by atoms with Crippen LogP contribution in [0.5, 0.6) is 0 Å². The fourth-order valence-corrected chi connectivity index (χ4v) is 1.40. The zero-order valence-electron chi connectivity index (χ0n) is 9.93. The lowest BCUT2D eigenvalue weighted by atomic mass is 10.2. The number of rotatable bonds is 4. The number of hydrogen-bond acceptors (Lipinski definition) is 3. The minimum absolute atomic E-state index is 0.0267. The van der Waals surface area contributed by atoms with Crippen molar-refractivity contribution >= 4 is 23.5 Å². The highest BCUT2D eigenvalue weighted by molar-refractivity contribution is 6.30. The predicted octanol–water partition coefficient (Wildman–Crippen LogP) is 1.96. The van der Waals surface area contributed by atoms with E-state index in [2.05, 4.69) is 0 Å². The van der Waals surface area contributed by atoms with Gasteiger partial charge in [-0.05, 0) is 17.7 Å². The van der Waals surface area contributed by atoms with Crippen molar-refractivity contribution in [3.05, 3.63) is 46.4 Å². The summed E-state index contributed by atoms with van der Waals surface area (Å²) >= 11 is 5.52. The normalized spacial score (nSPS) is 11.2. The van der Waals surface area contributed by atoms with E-state index in [0.29, 0.717) is 11.6 Å². The lowest BCUT2D eigenvalue weighted by Crippen LogP contribution is -2.25. The zero-order valence-corrected chi connectivity index (χ0v) is 10.7. The Morgan fingerprint density at radius 3 is 2.58 bits per heavy atom.